The van der Waals surface area contributed by atoms with Crippen LogP contribution in [0.15, 0.2) is 6.07 Å². The molecule has 3 nitrogen and oxygen atoms in total. The summed E-state index contributed by atoms with van der Waals surface area (Å²) in [6.45, 7) is 9.02. The van der Waals surface area contributed by atoms with E-state index in [2.05, 4.69) is 37.3 Å². The van der Waals surface area contributed by atoms with E-state index in [1.165, 1.54) is 12.1 Å². The first-order valence-electron chi connectivity index (χ1n) is 5.73. The van der Waals surface area contributed by atoms with Gasteiger partial charge < -0.3 is 5.32 Å². The van der Waals surface area contributed by atoms with Crippen LogP contribution >= 0.6 is 0 Å². The minimum absolute atomic E-state index is 0.222. The predicted octanol–water partition coefficient (Wildman–Crippen LogP) is 1.62. The number of nitrogens with one attached hydrogen (secondary N) is 1. The number of nitrogens with zero attached hydrogens (tertiary/aromatic N) is 2. The van der Waals surface area contributed by atoms with Gasteiger partial charge in [-0.25, -0.2) is 0 Å². The maximum atomic E-state index is 4.45. The molecule has 0 amide bonds. The van der Waals surface area contributed by atoms with Crippen molar-refractivity contribution in [3.05, 3.63) is 17.5 Å². The Morgan fingerprint density at radius 1 is 1.53 bits per heavy atom. The molecule has 1 atom stereocenters. The number of rotatable bonds is 2. The fraction of sp³-hybridized carbons (Fsp3) is 0.750. The predicted molar refractivity (Wildman–Crippen MR) is 61.9 cm³/mol. The normalized spacial score (nSPS) is 22.3. The van der Waals surface area contributed by atoms with Crippen molar-refractivity contribution in [2.45, 2.75) is 32.6 Å². The first-order chi connectivity index (χ1) is 7.01. The molecular formula is C12H21N3. The van der Waals surface area contributed by atoms with Gasteiger partial charge in [-0.15, -0.1) is 0 Å². The van der Waals surface area contributed by atoms with E-state index in [4.69, 9.17) is 0 Å². The number of hydrogen-bond acceptors (Lipinski definition) is 2. The standard InChI is InChI=1S/C12H21N3/c1-9-7-11(15(4)14-9)12(2,3)10-5-6-13-8-10/h7,10,13H,5-6,8H2,1-4H3. The average Bonchev–Trinajstić information content (AvgIpc) is 2.74. The van der Waals surface area contributed by atoms with Crippen molar-refractivity contribution in [2.24, 2.45) is 13.0 Å². The maximum absolute atomic E-state index is 4.45. The van der Waals surface area contributed by atoms with E-state index >= 15 is 0 Å². The number of aryl methyl sites for hydroxylation is 2. The SMILES string of the molecule is Cc1cc(C(C)(C)C2CCNC2)n(C)n1. The lowest BCUT2D eigenvalue weighted by Gasteiger charge is -2.31. The van der Waals surface area contributed by atoms with E-state index in [1.807, 2.05) is 11.7 Å². The van der Waals surface area contributed by atoms with Crippen molar-refractivity contribution in [1.29, 1.82) is 0 Å². The van der Waals surface area contributed by atoms with Gasteiger partial charge in [0.15, 0.2) is 0 Å². The first kappa shape index (κ1) is 10.7. The molecule has 2 rings (SSSR count). The zero-order valence-corrected chi connectivity index (χ0v) is 10.2. The third-order valence-corrected chi connectivity index (χ3v) is 3.74. The molecule has 0 radical (unpaired) electrons. The molecule has 1 aromatic rings. The summed E-state index contributed by atoms with van der Waals surface area (Å²) in [5, 5.41) is 7.89. The average molecular weight is 207 g/mol. The third-order valence-electron chi connectivity index (χ3n) is 3.74. The van der Waals surface area contributed by atoms with E-state index < -0.39 is 0 Å². The Balaban J connectivity index is 2.31. The van der Waals surface area contributed by atoms with Gasteiger partial charge in [0.25, 0.3) is 0 Å². The topological polar surface area (TPSA) is 29.9 Å². The van der Waals surface area contributed by atoms with Crippen LogP contribution < -0.4 is 5.32 Å². The van der Waals surface area contributed by atoms with Crippen LogP contribution in [0.2, 0.25) is 0 Å². The number of hydrogen-bond donors (Lipinski definition) is 1. The summed E-state index contributed by atoms with van der Waals surface area (Å²) in [7, 11) is 2.05. The summed E-state index contributed by atoms with van der Waals surface area (Å²) in [6, 6.07) is 2.22. The Morgan fingerprint density at radius 2 is 2.27 bits per heavy atom. The second-order valence-electron chi connectivity index (χ2n) is 5.21. The molecule has 0 saturated carbocycles. The second-order valence-corrected chi connectivity index (χ2v) is 5.21. The zero-order chi connectivity index (χ0) is 11.1. The molecule has 1 fully saturated rings. The summed E-state index contributed by atoms with van der Waals surface area (Å²) in [5.74, 6) is 0.729. The van der Waals surface area contributed by atoms with E-state index in [9.17, 15) is 0 Å². The summed E-state index contributed by atoms with van der Waals surface area (Å²) in [5.41, 5.74) is 2.69. The van der Waals surface area contributed by atoms with Crippen LogP contribution in [0.4, 0.5) is 0 Å². The van der Waals surface area contributed by atoms with Gasteiger partial charge in [0.2, 0.25) is 0 Å². The van der Waals surface area contributed by atoms with Crippen LogP contribution in [0.3, 0.4) is 0 Å². The van der Waals surface area contributed by atoms with Gasteiger partial charge in [0.05, 0.1) is 5.69 Å². The van der Waals surface area contributed by atoms with Crippen molar-refractivity contribution >= 4 is 0 Å². The lowest BCUT2D eigenvalue weighted by molar-refractivity contribution is 0.323. The lowest BCUT2D eigenvalue weighted by atomic mass is 9.75. The first-order valence-corrected chi connectivity index (χ1v) is 5.73. The highest BCUT2D eigenvalue weighted by Gasteiger charge is 2.35. The minimum atomic E-state index is 0.222. The smallest absolute Gasteiger partial charge is 0.0596 e. The van der Waals surface area contributed by atoms with E-state index in [-0.39, 0.29) is 5.41 Å². The van der Waals surface area contributed by atoms with Crippen LogP contribution in [-0.4, -0.2) is 22.9 Å². The van der Waals surface area contributed by atoms with Gasteiger partial charge in [-0.05, 0) is 38.4 Å². The molecule has 3 heteroatoms. The Hall–Kier alpha value is -0.830. The summed E-state index contributed by atoms with van der Waals surface area (Å²) < 4.78 is 2.04. The fourth-order valence-corrected chi connectivity index (χ4v) is 2.69. The van der Waals surface area contributed by atoms with Gasteiger partial charge in [0, 0.05) is 18.2 Å². The molecule has 0 bridgehead atoms. The maximum Gasteiger partial charge on any atom is 0.0596 e. The molecule has 2 heterocycles. The van der Waals surface area contributed by atoms with Crippen LogP contribution in [0, 0.1) is 12.8 Å². The molecule has 15 heavy (non-hydrogen) atoms. The molecule has 1 N–H and O–H groups in total. The molecular weight excluding hydrogens is 186 g/mol. The summed E-state index contributed by atoms with van der Waals surface area (Å²) in [4.78, 5) is 0. The van der Waals surface area contributed by atoms with Crippen LogP contribution in [0.5, 0.6) is 0 Å². The highest BCUT2D eigenvalue weighted by Crippen LogP contribution is 2.35. The molecule has 1 aliphatic heterocycles. The van der Waals surface area contributed by atoms with Crippen molar-refractivity contribution in [1.82, 2.24) is 15.1 Å². The van der Waals surface area contributed by atoms with Crippen molar-refractivity contribution in [3.8, 4) is 0 Å². The summed E-state index contributed by atoms with van der Waals surface area (Å²) in [6.07, 6.45) is 1.28. The summed E-state index contributed by atoms with van der Waals surface area (Å²) >= 11 is 0. The van der Waals surface area contributed by atoms with Crippen LogP contribution in [0.25, 0.3) is 0 Å². The van der Waals surface area contributed by atoms with Crippen molar-refractivity contribution < 1.29 is 0 Å². The Morgan fingerprint density at radius 3 is 2.73 bits per heavy atom. The van der Waals surface area contributed by atoms with Gasteiger partial charge in [-0.3, -0.25) is 4.68 Å². The van der Waals surface area contributed by atoms with Gasteiger partial charge in [-0.2, -0.15) is 5.10 Å². The third kappa shape index (κ3) is 1.81. The van der Waals surface area contributed by atoms with Gasteiger partial charge in [-0.1, -0.05) is 13.8 Å². The van der Waals surface area contributed by atoms with Crippen LogP contribution in [-0.2, 0) is 12.5 Å². The van der Waals surface area contributed by atoms with Crippen LogP contribution in [0.1, 0.15) is 31.7 Å². The largest absolute Gasteiger partial charge is 0.316 e. The lowest BCUT2D eigenvalue weighted by Crippen LogP contribution is -2.32. The highest BCUT2D eigenvalue weighted by molar-refractivity contribution is 5.20. The molecule has 0 aliphatic carbocycles. The van der Waals surface area contributed by atoms with Gasteiger partial charge in [0.1, 0.15) is 0 Å². The fourth-order valence-electron chi connectivity index (χ4n) is 2.69. The molecule has 1 saturated heterocycles. The Kier molecular flexibility index (Phi) is 2.59. The van der Waals surface area contributed by atoms with Crippen molar-refractivity contribution in [2.75, 3.05) is 13.1 Å². The van der Waals surface area contributed by atoms with E-state index in [1.54, 1.807) is 0 Å². The van der Waals surface area contributed by atoms with Crippen molar-refractivity contribution in [3.63, 3.8) is 0 Å². The Bertz CT molecular complexity index is 346. The van der Waals surface area contributed by atoms with E-state index in [0.717, 1.165) is 24.7 Å². The van der Waals surface area contributed by atoms with Gasteiger partial charge >= 0.3 is 0 Å². The van der Waals surface area contributed by atoms with E-state index in [0.29, 0.717) is 0 Å². The molecule has 1 unspecified atom stereocenters. The monoisotopic (exact) mass is 207 g/mol. The Labute approximate surface area is 91.9 Å². The molecule has 0 spiro atoms. The minimum Gasteiger partial charge on any atom is -0.316 e. The molecule has 1 aliphatic rings. The second kappa shape index (κ2) is 3.63. The molecule has 0 aromatic carbocycles. The quantitative estimate of drug-likeness (QED) is 0.798. The zero-order valence-electron chi connectivity index (χ0n) is 10.2. The molecule has 1 aromatic heterocycles. The number of aromatic nitrogens is 2. The molecule has 84 valence electrons. The highest BCUT2D eigenvalue weighted by atomic mass is 15.3.